The molecule has 0 bridgehead atoms. The Labute approximate surface area is 116 Å². The van der Waals surface area contributed by atoms with Crippen molar-refractivity contribution in [2.75, 3.05) is 11.6 Å². The minimum Gasteiger partial charge on any atom is -0.380 e. The van der Waals surface area contributed by atoms with Crippen molar-refractivity contribution in [3.05, 3.63) is 45.1 Å². The van der Waals surface area contributed by atoms with E-state index in [0.717, 1.165) is 21.6 Å². The van der Waals surface area contributed by atoms with Gasteiger partial charge in [-0.05, 0) is 45.6 Å². The normalized spacial score (nSPS) is 12.4. The Morgan fingerprint density at radius 3 is 2.88 bits per heavy atom. The third-order valence-corrected chi connectivity index (χ3v) is 5.15. The minimum atomic E-state index is -0.931. The monoisotopic (exact) mass is 329 g/mol. The maximum atomic E-state index is 11.4. The lowest BCUT2D eigenvalue weighted by molar-refractivity contribution is 0.687. The van der Waals surface area contributed by atoms with Crippen LogP contribution in [0.3, 0.4) is 0 Å². The zero-order chi connectivity index (χ0) is 12.3. The Morgan fingerprint density at radius 2 is 2.24 bits per heavy atom. The number of rotatable bonds is 4. The molecule has 17 heavy (non-hydrogen) atoms. The van der Waals surface area contributed by atoms with Crippen molar-refractivity contribution in [1.82, 2.24) is 0 Å². The average molecular weight is 330 g/mol. The van der Waals surface area contributed by atoms with Crippen molar-refractivity contribution >= 4 is 43.8 Å². The van der Waals surface area contributed by atoms with Crippen molar-refractivity contribution < 1.29 is 4.21 Å². The van der Waals surface area contributed by atoms with Crippen LogP contribution in [0.1, 0.15) is 4.88 Å². The van der Waals surface area contributed by atoms with E-state index in [-0.39, 0.29) is 0 Å². The molecule has 0 spiro atoms. The van der Waals surface area contributed by atoms with Gasteiger partial charge in [0.2, 0.25) is 0 Å². The summed E-state index contributed by atoms with van der Waals surface area (Å²) in [6.07, 6.45) is 1.69. The summed E-state index contributed by atoms with van der Waals surface area (Å²) in [6, 6.07) is 9.75. The summed E-state index contributed by atoms with van der Waals surface area (Å²) in [6.45, 7) is 0.776. The van der Waals surface area contributed by atoms with E-state index >= 15 is 0 Å². The fraction of sp³-hybridized carbons (Fsp3) is 0.167. The van der Waals surface area contributed by atoms with Gasteiger partial charge in [-0.1, -0.05) is 6.07 Å². The Kier molecular flexibility index (Phi) is 4.36. The van der Waals surface area contributed by atoms with Gasteiger partial charge >= 0.3 is 0 Å². The molecular weight excluding hydrogens is 318 g/mol. The molecule has 1 aromatic heterocycles. The summed E-state index contributed by atoms with van der Waals surface area (Å²) in [5.41, 5.74) is 0.998. The lowest BCUT2D eigenvalue weighted by atomic mass is 10.3. The highest BCUT2D eigenvalue weighted by atomic mass is 79.9. The quantitative estimate of drug-likeness (QED) is 0.922. The molecule has 0 unspecified atom stereocenters. The molecule has 0 aliphatic carbocycles. The molecular formula is C12H12BrNOS2. The maximum Gasteiger partial charge on any atom is 0.0505 e. The first-order valence-electron chi connectivity index (χ1n) is 5.06. The molecule has 0 saturated carbocycles. The van der Waals surface area contributed by atoms with Gasteiger partial charge in [-0.2, -0.15) is 0 Å². The molecule has 0 fully saturated rings. The van der Waals surface area contributed by atoms with E-state index < -0.39 is 10.8 Å². The van der Waals surface area contributed by atoms with Crippen LogP contribution in [0, 0.1) is 0 Å². The van der Waals surface area contributed by atoms with Gasteiger partial charge in [0.05, 0.1) is 6.54 Å². The molecule has 1 atom stereocenters. The third-order valence-electron chi connectivity index (χ3n) is 2.31. The highest BCUT2D eigenvalue weighted by Crippen LogP contribution is 2.24. The van der Waals surface area contributed by atoms with Gasteiger partial charge in [0.1, 0.15) is 0 Å². The van der Waals surface area contributed by atoms with E-state index in [0.29, 0.717) is 0 Å². The predicted molar refractivity (Wildman–Crippen MR) is 78.1 cm³/mol. The molecule has 0 saturated heterocycles. The smallest absolute Gasteiger partial charge is 0.0505 e. The largest absolute Gasteiger partial charge is 0.380 e. The van der Waals surface area contributed by atoms with Crippen LogP contribution >= 0.6 is 27.3 Å². The van der Waals surface area contributed by atoms with E-state index in [1.54, 1.807) is 17.6 Å². The lowest BCUT2D eigenvalue weighted by Gasteiger charge is -2.06. The molecule has 0 amide bonds. The number of thiophene rings is 1. The standard InChI is InChI=1S/C12H12BrNOS2/c1-17(15)10-4-2-3-9(7-10)14-8-12-11(13)5-6-16-12/h2-7,14H,8H2,1H3/t17-/m1/s1. The van der Waals surface area contributed by atoms with Crippen LogP contribution in [0.4, 0.5) is 5.69 Å². The molecule has 5 heteroatoms. The first kappa shape index (κ1) is 12.8. The summed E-state index contributed by atoms with van der Waals surface area (Å²) < 4.78 is 12.5. The Bertz CT molecular complexity index is 539. The molecule has 0 aliphatic heterocycles. The van der Waals surface area contributed by atoms with Crippen molar-refractivity contribution in [2.24, 2.45) is 0 Å². The molecule has 0 radical (unpaired) electrons. The summed E-state index contributed by atoms with van der Waals surface area (Å²) in [4.78, 5) is 2.10. The minimum absolute atomic E-state index is 0.776. The topological polar surface area (TPSA) is 29.1 Å². The highest BCUT2D eigenvalue weighted by Gasteiger charge is 2.02. The average Bonchev–Trinajstić information content (AvgIpc) is 2.72. The summed E-state index contributed by atoms with van der Waals surface area (Å²) in [5, 5.41) is 5.38. The van der Waals surface area contributed by atoms with E-state index in [1.165, 1.54) is 4.88 Å². The number of halogens is 1. The van der Waals surface area contributed by atoms with Crippen LogP contribution in [0.15, 0.2) is 45.1 Å². The lowest BCUT2D eigenvalue weighted by Crippen LogP contribution is -1.98. The zero-order valence-corrected chi connectivity index (χ0v) is 12.5. The van der Waals surface area contributed by atoms with Gasteiger partial charge in [-0.25, -0.2) is 0 Å². The Morgan fingerprint density at radius 1 is 1.41 bits per heavy atom. The summed E-state index contributed by atoms with van der Waals surface area (Å²) in [5.74, 6) is 0. The van der Waals surface area contributed by atoms with Gasteiger partial charge in [0, 0.05) is 37.0 Å². The molecule has 1 N–H and O–H groups in total. The highest BCUT2D eigenvalue weighted by molar-refractivity contribution is 9.10. The molecule has 2 rings (SSSR count). The number of hydrogen-bond donors (Lipinski definition) is 1. The first-order chi connectivity index (χ1) is 8.16. The fourth-order valence-electron chi connectivity index (χ4n) is 1.42. The van der Waals surface area contributed by atoms with Crippen LogP contribution in [0.5, 0.6) is 0 Å². The van der Waals surface area contributed by atoms with Crippen molar-refractivity contribution in [3.8, 4) is 0 Å². The third kappa shape index (κ3) is 3.40. The molecule has 1 aromatic carbocycles. The molecule has 2 aromatic rings. The summed E-state index contributed by atoms with van der Waals surface area (Å²) in [7, 11) is -0.931. The Hall–Kier alpha value is -0.650. The van der Waals surface area contributed by atoms with Crippen LogP contribution in [-0.4, -0.2) is 10.5 Å². The van der Waals surface area contributed by atoms with E-state index in [1.807, 2.05) is 30.3 Å². The number of anilines is 1. The molecule has 0 aliphatic rings. The SMILES string of the molecule is C[S@@](=O)c1cccc(NCc2sccc2Br)c1. The van der Waals surface area contributed by atoms with Gasteiger partial charge in [0.25, 0.3) is 0 Å². The zero-order valence-electron chi connectivity index (χ0n) is 9.27. The van der Waals surface area contributed by atoms with E-state index in [2.05, 4.69) is 26.6 Å². The maximum absolute atomic E-state index is 11.4. The van der Waals surface area contributed by atoms with E-state index in [9.17, 15) is 4.21 Å². The van der Waals surface area contributed by atoms with Crippen LogP contribution in [0.2, 0.25) is 0 Å². The molecule has 2 nitrogen and oxygen atoms in total. The summed E-state index contributed by atoms with van der Waals surface area (Å²) >= 11 is 5.21. The second-order valence-electron chi connectivity index (χ2n) is 3.53. The fourth-order valence-corrected chi connectivity index (χ4v) is 3.41. The van der Waals surface area contributed by atoms with Gasteiger partial charge < -0.3 is 5.32 Å². The second-order valence-corrected chi connectivity index (χ2v) is 6.76. The van der Waals surface area contributed by atoms with Gasteiger partial charge in [0.15, 0.2) is 0 Å². The number of benzene rings is 1. The Balaban J connectivity index is 2.07. The van der Waals surface area contributed by atoms with Gasteiger partial charge in [-0.15, -0.1) is 11.3 Å². The van der Waals surface area contributed by atoms with Crippen molar-refractivity contribution in [1.29, 1.82) is 0 Å². The van der Waals surface area contributed by atoms with Crippen molar-refractivity contribution in [2.45, 2.75) is 11.4 Å². The molecule has 1 heterocycles. The number of nitrogens with one attached hydrogen (secondary N) is 1. The van der Waals surface area contributed by atoms with Crippen LogP contribution in [0.25, 0.3) is 0 Å². The molecule has 90 valence electrons. The predicted octanol–water partition coefficient (Wildman–Crippen LogP) is 3.86. The van der Waals surface area contributed by atoms with Crippen LogP contribution in [-0.2, 0) is 17.3 Å². The number of hydrogen-bond acceptors (Lipinski definition) is 3. The second kappa shape index (κ2) is 5.80. The van der Waals surface area contributed by atoms with E-state index in [4.69, 9.17) is 0 Å². The van der Waals surface area contributed by atoms with Gasteiger partial charge in [-0.3, -0.25) is 4.21 Å². The first-order valence-corrected chi connectivity index (χ1v) is 8.29. The van der Waals surface area contributed by atoms with Crippen LogP contribution < -0.4 is 5.32 Å². The van der Waals surface area contributed by atoms with Crippen molar-refractivity contribution in [3.63, 3.8) is 0 Å².